The van der Waals surface area contributed by atoms with E-state index in [1.165, 1.54) is 0 Å². The van der Waals surface area contributed by atoms with Crippen LogP contribution in [0.25, 0.3) is 203 Å². The fourth-order valence-electron chi connectivity index (χ4n) is 14.5. The van der Waals surface area contributed by atoms with Gasteiger partial charge in [0.1, 0.15) is 5.82 Å². The second kappa shape index (κ2) is 28.1. The molecule has 112 heavy (non-hydrogen) atoms. The van der Waals surface area contributed by atoms with Crippen molar-refractivity contribution in [1.82, 2.24) is 73.9 Å². The van der Waals surface area contributed by atoms with Crippen LogP contribution in [0.15, 0.2) is 352 Å². The minimum Gasteiger partial charge on any atom is -0.307 e. The van der Waals surface area contributed by atoms with Gasteiger partial charge in [-0.2, -0.15) is 5.26 Å². The van der Waals surface area contributed by atoms with Gasteiger partial charge >= 0.3 is 0 Å². The van der Waals surface area contributed by atoms with Crippen LogP contribution >= 0.6 is 0 Å². The van der Waals surface area contributed by atoms with Crippen LogP contribution in [0.4, 0.5) is 0 Å². The molecule has 0 radical (unpaired) electrons. The summed E-state index contributed by atoms with van der Waals surface area (Å²) in [5.41, 5.74) is 16.0. The first-order chi connectivity index (χ1) is 55.4. The normalized spacial score (nSPS) is 11.4. The summed E-state index contributed by atoms with van der Waals surface area (Å²) in [6.45, 7) is 0. The zero-order valence-electron chi connectivity index (χ0n) is 59.6. The van der Waals surface area contributed by atoms with Gasteiger partial charge in [-0.05, 0) is 48.0 Å². The predicted octanol–water partition coefficient (Wildman–Crippen LogP) is 21.6. The molecule has 7 heterocycles. The average molecular weight is 1440 g/mol. The van der Waals surface area contributed by atoms with E-state index in [0.717, 1.165) is 127 Å². The first kappa shape index (κ1) is 65.6. The summed E-state index contributed by atoms with van der Waals surface area (Å²) >= 11 is 0. The lowest BCUT2D eigenvalue weighted by Crippen LogP contribution is -2.04. The van der Waals surface area contributed by atoms with Gasteiger partial charge in [0.05, 0.1) is 45.6 Å². The molecule has 20 aromatic rings. The van der Waals surface area contributed by atoms with E-state index in [-0.39, 0.29) is 0 Å². The van der Waals surface area contributed by atoms with E-state index < -0.39 is 0 Å². The van der Waals surface area contributed by atoms with Gasteiger partial charge in [0.15, 0.2) is 69.9 Å². The standard InChI is InChI=1S/C96H58N16/c97-58-60-41-43-61(44-42-60)78-57-84(112-81-55-72(95-107-89(66-33-17-5-18-34-66)101-90(108-95)67-35-19-6-20-36-67)47-51-76(81)77-52-48-73(56-82(77)112)96-109-91(68-37-21-7-22-38-68)102-92(110-96)69-39-23-8-24-40-69)98-59-83(78)111-79-53-70(93-103-85(62-25-9-1-10-26-62)99-86(104-93)63-27-11-2-12-28-63)45-49-74(79)75-50-46-71(54-80(75)111)94-105-87(64-29-13-3-14-30-64)100-88(106-94)65-31-15-4-16-32-65/h1-57,59H. The number of benzene rings is 13. The average Bonchev–Trinajstić information content (AvgIpc) is 1.56. The smallest absolute Gasteiger partial charge is 0.164 e. The van der Waals surface area contributed by atoms with Gasteiger partial charge in [0, 0.05) is 93.9 Å². The highest BCUT2D eigenvalue weighted by Gasteiger charge is 2.26. The summed E-state index contributed by atoms with van der Waals surface area (Å²) < 4.78 is 4.47. The lowest BCUT2D eigenvalue weighted by Gasteiger charge is -2.17. The lowest BCUT2D eigenvalue weighted by atomic mass is 10.0. The maximum atomic E-state index is 10.5. The third kappa shape index (κ3) is 12.4. The number of hydrogen-bond donors (Lipinski definition) is 0. The molecule has 0 spiro atoms. The first-order valence-corrected chi connectivity index (χ1v) is 36.6. The molecule has 0 saturated carbocycles. The number of hydrogen-bond acceptors (Lipinski definition) is 14. The zero-order chi connectivity index (χ0) is 74.4. The van der Waals surface area contributed by atoms with Crippen molar-refractivity contribution >= 4 is 43.6 Å². The van der Waals surface area contributed by atoms with Gasteiger partial charge in [-0.1, -0.05) is 303 Å². The molecule has 20 rings (SSSR count). The largest absolute Gasteiger partial charge is 0.307 e. The van der Waals surface area contributed by atoms with Crippen LogP contribution in [0.3, 0.4) is 0 Å². The Morgan fingerprint density at radius 3 is 0.652 bits per heavy atom. The fourth-order valence-corrected chi connectivity index (χ4v) is 14.5. The Balaban J connectivity index is 0.854. The van der Waals surface area contributed by atoms with E-state index in [1.807, 2.05) is 273 Å². The number of nitrogens with zero attached hydrogens (tertiary/aromatic N) is 16. The Bertz CT molecular complexity index is 6430. The maximum Gasteiger partial charge on any atom is 0.164 e. The van der Waals surface area contributed by atoms with Gasteiger partial charge in [0.25, 0.3) is 0 Å². The van der Waals surface area contributed by atoms with Crippen molar-refractivity contribution in [2.45, 2.75) is 0 Å². The number of pyridine rings is 1. The molecule has 16 heteroatoms. The summed E-state index contributed by atoms with van der Waals surface area (Å²) in [5.74, 6) is 6.81. The van der Waals surface area contributed by atoms with Crippen LogP contribution < -0.4 is 0 Å². The molecule has 0 aliphatic carbocycles. The Hall–Kier alpha value is -15.9. The molecule has 0 fully saturated rings. The van der Waals surface area contributed by atoms with E-state index >= 15 is 0 Å². The second-order valence-corrected chi connectivity index (χ2v) is 27.0. The number of fused-ring (bicyclic) bond motifs is 6. The van der Waals surface area contributed by atoms with Crippen molar-refractivity contribution < 1.29 is 0 Å². The van der Waals surface area contributed by atoms with Crippen molar-refractivity contribution in [3.63, 3.8) is 0 Å². The Labute approximate surface area is 641 Å². The molecule has 16 nitrogen and oxygen atoms in total. The Morgan fingerprint density at radius 2 is 0.420 bits per heavy atom. The molecular formula is C96H58N16. The van der Waals surface area contributed by atoms with Crippen molar-refractivity contribution in [2.24, 2.45) is 0 Å². The van der Waals surface area contributed by atoms with Crippen LogP contribution in [0.2, 0.25) is 0 Å². The third-order valence-electron chi connectivity index (χ3n) is 20.0. The molecule has 0 aliphatic rings. The summed E-state index contributed by atoms with van der Waals surface area (Å²) in [5, 5.41) is 14.2. The van der Waals surface area contributed by atoms with Gasteiger partial charge in [-0.15, -0.1) is 0 Å². The summed E-state index contributed by atoms with van der Waals surface area (Å²) in [6.07, 6.45) is 1.95. The van der Waals surface area contributed by atoms with E-state index in [9.17, 15) is 5.26 Å². The molecule has 0 atom stereocenters. The Morgan fingerprint density at radius 1 is 0.205 bits per heavy atom. The van der Waals surface area contributed by atoms with Crippen LogP contribution in [0.5, 0.6) is 0 Å². The van der Waals surface area contributed by atoms with Crippen molar-refractivity contribution in [3.05, 3.63) is 358 Å². The Kier molecular flexibility index (Phi) is 16.5. The molecule has 0 bridgehead atoms. The quantitative estimate of drug-likeness (QED) is 0.0938. The SMILES string of the molecule is N#Cc1ccc(-c2cc(-n3c4cc(-c5nc(-c6ccccc6)nc(-c6ccccc6)n5)ccc4c4ccc(-c5nc(-c6ccccc6)nc(-c6ccccc6)n5)cc43)ncc2-n2c3cc(-c4nc(-c5ccccc5)nc(-c5ccccc5)n4)ccc3c3ccc(-c4nc(-c5ccccc5)nc(-c5ccccc5)n4)cc32)cc1. The predicted molar refractivity (Wildman–Crippen MR) is 442 cm³/mol. The molecule has 0 N–H and O–H groups in total. The fraction of sp³-hybridized carbons (Fsp3) is 0. The lowest BCUT2D eigenvalue weighted by molar-refractivity contribution is 1.05. The summed E-state index contributed by atoms with van der Waals surface area (Å²) in [6, 6.07) is 118. The minimum absolute atomic E-state index is 0.486. The molecular weight excluding hydrogens is 1380 g/mol. The highest BCUT2D eigenvalue weighted by Crippen LogP contribution is 2.43. The molecule has 522 valence electrons. The number of nitriles is 1. The highest BCUT2D eigenvalue weighted by molar-refractivity contribution is 6.13. The first-order valence-electron chi connectivity index (χ1n) is 36.6. The maximum absolute atomic E-state index is 10.5. The highest BCUT2D eigenvalue weighted by atomic mass is 15.1. The number of aromatic nitrogens is 15. The molecule has 0 saturated heterocycles. The van der Waals surface area contributed by atoms with Gasteiger partial charge in [-0.25, -0.2) is 64.8 Å². The van der Waals surface area contributed by atoms with Crippen LogP contribution in [0, 0.1) is 11.3 Å². The van der Waals surface area contributed by atoms with E-state index in [1.54, 1.807) is 0 Å². The second-order valence-electron chi connectivity index (χ2n) is 27.0. The van der Waals surface area contributed by atoms with Crippen LogP contribution in [-0.2, 0) is 0 Å². The third-order valence-corrected chi connectivity index (χ3v) is 20.0. The van der Waals surface area contributed by atoms with Crippen molar-refractivity contribution in [1.29, 1.82) is 5.26 Å². The van der Waals surface area contributed by atoms with Gasteiger partial charge in [0.2, 0.25) is 0 Å². The van der Waals surface area contributed by atoms with E-state index in [4.69, 9.17) is 64.8 Å². The van der Waals surface area contributed by atoms with Crippen LogP contribution in [0.1, 0.15) is 5.56 Å². The van der Waals surface area contributed by atoms with E-state index in [2.05, 4.69) is 94.1 Å². The van der Waals surface area contributed by atoms with Gasteiger partial charge < -0.3 is 4.57 Å². The summed E-state index contributed by atoms with van der Waals surface area (Å²) in [4.78, 5) is 68.1. The topological polar surface area (TPSA) is 201 Å². The zero-order valence-corrected chi connectivity index (χ0v) is 59.6. The number of rotatable bonds is 15. The monoisotopic (exact) mass is 1430 g/mol. The van der Waals surface area contributed by atoms with Crippen molar-refractivity contribution in [3.8, 4) is 165 Å². The molecule has 0 aliphatic heterocycles. The molecule has 0 amide bonds. The van der Waals surface area contributed by atoms with Gasteiger partial charge in [-0.3, -0.25) is 4.57 Å². The van der Waals surface area contributed by atoms with Crippen molar-refractivity contribution in [2.75, 3.05) is 0 Å². The molecule has 0 unspecified atom stereocenters. The van der Waals surface area contributed by atoms with Crippen LogP contribution in [-0.4, -0.2) is 73.9 Å². The molecule has 7 aromatic heterocycles. The summed E-state index contributed by atoms with van der Waals surface area (Å²) in [7, 11) is 0. The molecule has 13 aromatic carbocycles. The van der Waals surface area contributed by atoms with E-state index in [0.29, 0.717) is 81.3 Å². The minimum atomic E-state index is 0.486.